The Morgan fingerprint density at radius 1 is 1.07 bits per heavy atom. The lowest BCUT2D eigenvalue weighted by molar-refractivity contribution is -0.921. The summed E-state index contributed by atoms with van der Waals surface area (Å²) in [5.74, 6) is 0.174. The van der Waals surface area contributed by atoms with Crippen molar-refractivity contribution in [3.63, 3.8) is 0 Å². The SMILES string of the molecule is CCC1=C[C@H]2C[C@](C(=O)OC)(c3c(OC)cc(N)cc3OC)c3[nH]c4ccccc4c3CC[N+](CC(=O)OC)(C1)C2.[Br-]. The molecule has 10 heteroatoms. The maximum atomic E-state index is 14.5. The van der Waals surface area contributed by atoms with E-state index in [1.807, 2.05) is 18.2 Å². The summed E-state index contributed by atoms with van der Waals surface area (Å²) in [4.78, 5) is 30.9. The molecule has 1 aromatic heterocycles. The highest BCUT2D eigenvalue weighted by atomic mass is 79.9. The first-order valence-corrected chi connectivity index (χ1v) is 14.1. The van der Waals surface area contributed by atoms with Gasteiger partial charge in [0.15, 0.2) is 6.54 Å². The molecule has 9 nitrogen and oxygen atoms in total. The fourth-order valence-electron chi connectivity index (χ4n) is 7.20. The van der Waals surface area contributed by atoms with Crippen molar-refractivity contribution in [3.05, 3.63) is 64.9 Å². The first kappa shape index (κ1) is 31.4. The number of carbonyl (C=O) groups excluding carboxylic acids is 2. The van der Waals surface area contributed by atoms with Crippen LogP contribution in [-0.2, 0) is 30.9 Å². The molecule has 226 valence electrons. The number of hydrogen-bond donors (Lipinski definition) is 2. The first-order chi connectivity index (χ1) is 19.7. The van der Waals surface area contributed by atoms with Gasteiger partial charge in [-0.1, -0.05) is 31.2 Å². The fraction of sp³-hybridized carbons (Fsp3) is 0.438. The van der Waals surface area contributed by atoms with Crippen LogP contribution in [0.3, 0.4) is 0 Å². The average Bonchev–Trinajstić information content (AvgIpc) is 3.37. The minimum atomic E-state index is -1.32. The molecule has 0 spiro atoms. The van der Waals surface area contributed by atoms with E-state index in [4.69, 9.17) is 24.7 Å². The maximum Gasteiger partial charge on any atom is 0.361 e. The largest absolute Gasteiger partial charge is 1.00 e. The lowest BCUT2D eigenvalue weighted by Crippen LogP contribution is -3.00. The molecular formula is C32H40BrN3O6. The van der Waals surface area contributed by atoms with Gasteiger partial charge in [0.1, 0.15) is 23.5 Å². The van der Waals surface area contributed by atoms with Gasteiger partial charge in [0, 0.05) is 46.8 Å². The molecule has 0 radical (unpaired) electrons. The Balaban J connectivity index is 0.00000405. The van der Waals surface area contributed by atoms with Crippen LogP contribution in [-0.4, -0.2) is 76.0 Å². The van der Waals surface area contributed by atoms with Crippen molar-refractivity contribution in [2.24, 2.45) is 5.92 Å². The van der Waals surface area contributed by atoms with Crippen LogP contribution in [0.25, 0.3) is 10.9 Å². The number of nitrogens with one attached hydrogen (secondary N) is 1. The smallest absolute Gasteiger partial charge is 0.361 e. The van der Waals surface area contributed by atoms with Crippen LogP contribution in [0.1, 0.15) is 36.6 Å². The number of hydrogen-bond acceptors (Lipinski definition) is 7. The van der Waals surface area contributed by atoms with E-state index in [1.54, 1.807) is 26.4 Å². The Kier molecular flexibility index (Phi) is 9.27. The van der Waals surface area contributed by atoms with Crippen LogP contribution < -0.4 is 32.2 Å². The minimum Gasteiger partial charge on any atom is -1.00 e. The molecular weight excluding hydrogens is 602 g/mol. The first-order valence-electron chi connectivity index (χ1n) is 14.1. The summed E-state index contributed by atoms with van der Waals surface area (Å²) < 4.78 is 23.2. The summed E-state index contributed by atoms with van der Waals surface area (Å²) in [5, 5.41) is 1.03. The van der Waals surface area contributed by atoms with Gasteiger partial charge in [0.2, 0.25) is 0 Å². The predicted octanol–water partition coefficient (Wildman–Crippen LogP) is 1.13. The summed E-state index contributed by atoms with van der Waals surface area (Å²) in [5.41, 5.74) is 9.91. The average molecular weight is 643 g/mol. The van der Waals surface area contributed by atoms with E-state index in [0.29, 0.717) is 53.2 Å². The quantitative estimate of drug-likeness (QED) is 0.172. The Morgan fingerprint density at radius 2 is 1.76 bits per heavy atom. The van der Waals surface area contributed by atoms with E-state index >= 15 is 0 Å². The summed E-state index contributed by atoms with van der Waals surface area (Å²) in [6, 6.07) is 11.5. The topological polar surface area (TPSA) is 113 Å². The van der Waals surface area contributed by atoms with Crippen LogP contribution >= 0.6 is 0 Å². The van der Waals surface area contributed by atoms with E-state index in [0.717, 1.165) is 35.1 Å². The van der Waals surface area contributed by atoms with Crippen LogP contribution in [0.4, 0.5) is 5.69 Å². The zero-order valence-corrected chi connectivity index (χ0v) is 26.5. The number of aromatic nitrogens is 1. The molecule has 2 aliphatic rings. The van der Waals surface area contributed by atoms with Crippen molar-refractivity contribution in [3.8, 4) is 11.5 Å². The number of para-hydroxylation sites is 1. The van der Waals surface area contributed by atoms with Gasteiger partial charge in [0.05, 0.1) is 47.1 Å². The zero-order valence-electron chi connectivity index (χ0n) is 24.9. The number of rotatable bonds is 7. The molecule has 2 bridgehead atoms. The number of nitrogen functional groups attached to an aromatic ring is 1. The zero-order chi connectivity index (χ0) is 29.4. The Morgan fingerprint density at radius 3 is 2.38 bits per heavy atom. The molecule has 0 fully saturated rings. The van der Waals surface area contributed by atoms with Gasteiger partial charge in [-0.05, 0) is 30.0 Å². The fourth-order valence-corrected chi connectivity index (χ4v) is 7.20. The number of nitrogens with zero attached hydrogens (tertiary/aromatic N) is 1. The molecule has 3 aromatic rings. The van der Waals surface area contributed by atoms with Gasteiger partial charge in [-0.25, -0.2) is 4.79 Å². The molecule has 2 aliphatic heterocycles. The molecule has 0 saturated heterocycles. The molecule has 5 rings (SSSR count). The number of quaternary nitrogens is 1. The van der Waals surface area contributed by atoms with Crippen molar-refractivity contribution in [1.82, 2.24) is 4.98 Å². The Bertz CT molecular complexity index is 1490. The van der Waals surface area contributed by atoms with Crippen molar-refractivity contribution in [2.45, 2.75) is 31.6 Å². The number of aromatic amines is 1. The number of carbonyl (C=O) groups is 2. The second kappa shape index (κ2) is 12.4. The summed E-state index contributed by atoms with van der Waals surface area (Å²) in [6.07, 6.45) is 4.15. The van der Waals surface area contributed by atoms with Gasteiger partial charge in [-0.2, -0.15) is 0 Å². The maximum absolute atomic E-state index is 14.5. The number of methoxy groups -OCH3 is 4. The van der Waals surface area contributed by atoms with E-state index in [1.165, 1.54) is 19.8 Å². The van der Waals surface area contributed by atoms with Gasteiger partial charge < -0.3 is 51.1 Å². The van der Waals surface area contributed by atoms with Gasteiger partial charge in [-0.15, -0.1) is 0 Å². The van der Waals surface area contributed by atoms with Gasteiger partial charge >= 0.3 is 11.9 Å². The number of nitrogens with two attached hydrogens (primary N) is 1. The van der Waals surface area contributed by atoms with Crippen LogP contribution in [0.5, 0.6) is 11.5 Å². The molecule has 0 saturated carbocycles. The highest BCUT2D eigenvalue weighted by Gasteiger charge is 2.54. The van der Waals surface area contributed by atoms with Crippen molar-refractivity contribution in [1.29, 1.82) is 0 Å². The molecule has 3 heterocycles. The van der Waals surface area contributed by atoms with E-state index in [9.17, 15) is 9.59 Å². The standard InChI is InChI=1S/C32H40N3O6.BrH/c1-6-20-13-21-16-32(31(37)41-5,29-26(38-2)14-22(33)15-27(29)39-3)30-24(23-9-7-8-10-25(23)34-30)11-12-35(17-20,18-21)19-28(36)40-4;/h7-10,13-15,21,34H,6,11-12,16-19,33H2,1-5H3;1H/q+1;/p-1/t21-,32-,35?;/m0./s1. The van der Waals surface area contributed by atoms with Crippen LogP contribution in [0.2, 0.25) is 0 Å². The molecule has 2 aromatic carbocycles. The Labute approximate surface area is 257 Å². The highest BCUT2D eigenvalue weighted by molar-refractivity contribution is 5.94. The third-order valence-corrected chi connectivity index (χ3v) is 8.91. The number of H-pyrrole nitrogens is 1. The highest BCUT2D eigenvalue weighted by Crippen LogP contribution is 2.52. The lowest BCUT2D eigenvalue weighted by atomic mass is 9.68. The number of ether oxygens (including phenoxy) is 4. The number of halogens is 1. The number of anilines is 1. The van der Waals surface area contributed by atoms with Crippen LogP contribution in [0, 0.1) is 5.92 Å². The predicted molar refractivity (Wildman–Crippen MR) is 157 cm³/mol. The normalized spacial score (nSPS) is 23.3. The van der Waals surface area contributed by atoms with Gasteiger partial charge in [0.25, 0.3) is 0 Å². The second-order valence-corrected chi connectivity index (χ2v) is 11.3. The number of benzene rings is 2. The number of esters is 2. The minimum absolute atomic E-state index is 0. The molecule has 0 aliphatic carbocycles. The van der Waals surface area contributed by atoms with E-state index in [2.05, 4.69) is 24.1 Å². The monoisotopic (exact) mass is 641 g/mol. The molecule has 0 amide bonds. The molecule has 42 heavy (non-hydrogen) atoms. The lowest BCUT2D eigenvalue weighted by Gasteiger charge is -2.44. The molecule has 3 atom stereocenters. The summed E-state index contributed by atoms with van der Waals surface area (Å²) >= 11 is 0. The van der Waals surface area contributed by atoms with Crippen molar-refractivity contribution in [2.75, 3.05) is 60.4 Å². The Hall–Kier alpha value is -3.50. The second-order valence-electron chi connectivity index (χ2n) is 11.3. The van der Waals surface area contributed by atoms with Crippen molar-refractivity contribution >= 4 is 28.5 Å². The summed E-state index contributed by atoms with van der Waals surface area (Å²) in [6.45, 7) is 4.56. The van der Waals surface area contributed by atoms with E-state index < -0.39 is 11.4 Å². The molecule has 1 unspecified atom stereocenters. The van der Waals surface area contributed by atoms with E-state index in [-0.39, 0.29) is 35.4 Å². The van der Waals surface area contributed by atoms with Gasteiger partial charge in [-0.3, -0.25) is 4.79 Å². The molecule has 3 N–H and O–H groups in total. The summed E-state index contributed by atoms with van der Waals surface area (Å²) in [7, 11) is 5.99. The third-order valence-electron chi connectivity index (χ3n) is 8.91. The van der Waals surface area contributed by atoms with Crippen LogP contribution in [0.15, 0.2) is 48.0 Å². The van der Waals surface area contributed by atoms with Crippen molar-refractivity contribution < 1.29 is 50.0 Å². The third kappa shape index (κ3) is 5.26. The number of fused-ring (bicyclic) bond motifs is 5.